The van der Waals surface area contributed by atoms with Gasteiger partial charge in [0, 0.05) is 6.54 Å². The first-order valence-electron chi connectivity index (χ1n) is 6.81. The van der Waals surface area contributed by atoms with Crippen LogP contribution in [-0.4, -0.2) is 41.7 Å². The minimum atomic E-state index is -0.407. The third-order valence-corrected chi connectivity index (χ3v) is 4.79. The molecule has 1 aromatic carbocycles. The maximum Gasteiger partial charge on any atom is 0.322 e. The Kier molecular flexibility index (Phi) is 3.75. The molecule has 0 aliphatic carbocycles. The van der Waals surface area contributed by atoms with Crippen molar-refractivity contribution in [2.75, 3.05) is 18.1 Å². The first-order chi connectivity index (χ1) is 10.1. The highest BCUT2D eigenvalue weighted by molar-refractivity contribution is 7.98. The van der Waals surface area contributed by atoms with Crippen molar-refractivity contribution in [2.45, 2.75) is 29.8 Å². The topological polar surface area (TPSA) is 61.4 Å². The van der Waals surface area contributed by atoms with E-state index in [1.54, 1.807) is 23.3 Å². The van der Waals surface area contributed by atoms with Crippen LogP contribution in [0.15, 0.2) is 23.1 Å². The lowest BCUT2D eigenvalue weighted by Gasteiger charge is -2.34. The van der Waals surface area contributed by atoms with Gasteiger partial charge in [-0.05, 0) is 31.2 Å². The number of benzene rings is 1. The fourth-order valence-electron chi connectivity index (χ4n) is 2.98. The van der Waals surface area contributed by atoms with Crippen molar-refractivity contribution >= 4 is 29.4 Å². The number of nitrogens with zero attached hydrogens (tertiary/aromatic N) is 1. The summed E-state index contributed by atoms with van der Waals surface area (Å²) in [5, 5.41) is 5.54. The monoisotopic (exact) mass is 309 g/mol. The average Bonchev–Trinajstić information content (AvgIpc) is 2.80. The largest absolute Gasteiger partial charge is 0.352 e. The molecular formula is C14H16FN3O2S. The first-order valence-corrected chi connectivity index (χ1v) is 8.04. The van der Waals surface area contributed by atoms with Crippen molar-refractivity contribution in [3.8, 4) is 0 Å². The number of rotatable bonds is 2. The molecule has 112 valence electrons. The molecule has 2 atom stereocenters. The molecule has 3 amide bonds. The van der Waals surface area contributed by atoms with E-state index in [9.17, 15) is 14.0 Å². The highest BCUT2D eigenvalue weighted by Crippen LogP contribution is 2.31. The number of carbonyl (C=O) groups excluding carboxylic acids is 2. The molecule has 2 fully saturated rings. The van der Waals surface area contributed by atoms with Gasteiger partial charge < -0.3 is 15.5 Å². The highest BCUT2D eigenvalue weighted by atomic mass is 32.2. The van der Waals surface area contributed by atoms with E-state index in [1.165, 1.54) is 17.8 Å². The molecule has 0 aromatic heterocycles. The molecule has 2 aliphatic rings. The van der Waals surface area contributed by atoms with Gasteiger partial charge in [0.25, 0.3) is 0 Å². The van der Waals surface area contributed by atoms with Crippen molar-refractivity contribution in [3.05, 3.63) is 24.0 Å². The van der Waals surface area contributed by atoms with Crippen LogP contribution in [0, 0.1) is 5.82 Å². The van der Waals surface area contributed by atoms with Crippen LogP contribution in [0.25, 0.3) is 0 Å². The Hall–Kier alpha value is -1.76. The van der Waals surface area contributed by atoms with Crippen LogP contribution < -0.4 is 10.6 Å². The van der Waals surface area contributed by atoms with E-state index in [-0.39, 0.29) is 23.8 Å². The van der Waals surface area contributed by atoms with Gasteiger partial charge in [-0.1, -0.05) is 6.07 Å². The fourth-order valence-corrected chi connectivity index (χ4v) is 3.58. The van der Waals surface area contributed by atoms with Gasteiger partial charge >= 0.3 is 6.03 Å². The Balaban J connectivity index is 1.81. The van der Waals surface area contributed by atoms with Crippen molar-refractivity contribution in [1.82, 2.24) is 10.2 Å². The smallest absolute Gasteiger partial charge is 0.322 e. The molecule has 2 saturated heterocycles. The van der Waals surface area contributed by atoms with Crippen molar-refractivity contribution in [1.29, 1.82) is 0 Å². The Morgan fingerprint density at radius 1 is 1.48 bits per heavy atom. The molecule has 0 spiro atoms. The standard InChI is InChI=1S/C14H16FN3O2S/c1-21-12-9(15)3-2-4-10(12)17-14(20)18-8-5-6-11(18)13(19)16-7-8/h2-4,8,11H,5-7H2,1H3,(H,16,19)(H,17,20)/t8-,11+/m0/s1. The van der Waals surface area contributed by atoms with Crippen molar-refractivity contribution < 1.29 is 14.0 Å². The van der Waals surface area contributed by atoms with Gasteiger partial charge in [-0.3, -0.25) is 4.79 Å². The van der Waals surface area contributed by atoms with Gasteiger partial charge in [0.1, 0.15) is 11.9 Å². The minimum Gasteiger partial charge on any atom is -0.352 e. The molecule has 2 N–H and O–H groups in total. The zero-order chi connectivity index (χ0) is 15.0. The summed E-state index contributed by atoms with van der Waals surface area (Å²) in [6.07, 6.45) is 3.25. The van der Waals surface area contributed by atoms with Crippen LogP contribution in [0.5, 0.6) is 0 Å². The Labute approximate surface area is 126 Å². The maximum atomic E-state index is 13.7. The predicted molar refractivity (Wildman–Crippen MR) is 78.9 cm³/mol. The van der Waals surface area contributed by atoms with Gasteiger partial charge in [0.2, 0.25) is 5.91 Å². The third-order valence-electron chi connectivity index (χ3n) is 3.96. The van der Waals surface area contributed by atoms with Crippen LogP contribution in [0.3, 0.4) is 0 Å². The van der Waals surface area contributed by atoms with Gasteiger partial charge in [-0.25, -0.2) is 9.18 Å². The van der Waals surface area contributed by atoms with E-state index in [1.807, 2.05) is 0 Å². The summed E-state index contributed by atoms with van der Waals surface area (Å²) in [7, 11) is 0. The zero-order valence-corrected chi connectivity index (χ0v) is 12.4. The van der Waals surface area contributed by atoms with Crippen LogP contribution in [0.1, 0.15) is 12.8 Å². The summed E-state index contributed by atoms with van der Waals surface area (Å²) in [4.78, 5) is 26.2. The van der Waals surface area contributed by atoms with Gasteiger partial charge in [0.05, 0.1) is 16.6 Å². The average molecular weight is 309 g/mol. The number of hydrogen-bond donors (Lipinski definition) is 2. The maximum absolute atomic E-state index is 13.7. The SMILES string of the molecule is CSc1c(F)cccc1NC(=O)N1[C@H]2CC[C@@H]1C(=O)NC2. The number of nitrogens with one attached hydrogen (secondary N) is 2. The fraction of sp³-hybridized carbons (Fsp3) is 0.429. The lowest BCUT2D eigenvalue weighted by molar-refractivity contribution is -0.126. The summed E-state index contributed by atoms with van der Waals surface area (Å²) < 4.78 is 13.7. The molecule has 1 aromatic rings. The summed E-state index contributed by atoms with van der Waals surface area (Å²) in [6.45, 7) is 0.487. The summed E-state index contributed by atoms with van der Waals surface area (Å²) in [5.74, 6) is -0.470. The van der Waals surface area contributed by atoms with Gasteiger partial charge in [-0.15, -0.1) is 11.8 Å². The number of carbonyl (C=O) groups is 2. The molecule has 2 aliphatic heterocycles. The van der Waals surface area contributed by atoms with Gasteiger partial charge in [-0.2, -0.15) is 0 Å². The molecule has 0 saturated carbocycles. The number of halogens is 1. The van der Waals surface area contributed by atoms with E-state index < -0.39 is 6.04 Å². The molecule has 7 heteroatoms. The molecule has 2 bridgehead atoms. The molecule has 0 radical (unpaired) electrons. The molecular weight excluding hydrogens is 293 g/mol. The Morgan fingerprint density at radius 3 is 3.05 bits per heavy atom. The van der Waals surface area contributed by atoms with E-state index in [0.717, 1.165) is 6.42 Å². The van der Waals surface area contributed by atoms with Crippen LogP contribution in [0.2, 0.25) is 0 Å². The number of thioether (sulfide) groups is 1. The number of urea groups is 1. The minimum absolute atomic E-state index is 0.0268. The predicted octanol–water partition coefficient (Wildman–Crippen LogP) is 2.04. The van der Waals surface area contributed by atoms with E-state index in [0.29, 0.717) is 23.5 Å². The second kappa shape index (κ2) is 5.55. The summed E-state index contributed by atoms with van der Waals surface area (Å²) in [6, 6.07) is 3.87. The van der Waals surface area contributed by atoms with Gasteiger partial charge in [0.15, 0.2) is 0 Å². The van der Waals surface area contributed by atoms with Crippen molar-refractivity contribution in [2.24, 2.45) is 0 Å². The third kappa shape index (κ3) is 2.46. The van der Waals surface area contributed by atoms with E-state index >= 15 is 0 Å². The quantitative estimate of drug-likeness (QED) is 0.822. The van der Waals surface area contributed by atoms with E-state index in [2.05, 4.69) is 10.6 Å². The first kappa shape index (κ1) is 14.2. The molecule has 21 heavy (non-hydrogen) atoms. The Morgan fingerprint density at radius 2 is 2.29 bits per heavy atom. The lowest BCUT2D eigenvalue weighted by atomic mass is 10.2. The number of anilines is 1. The summed E-state index contributed by atoms with van der Waals surface area (Å²) >= 11 is 1.24. The molecule has 0 unspecified atom stereocenters. The molecule has 3 rings (SSSR count). The van der Waals surface area contributed by atoms with Crippen LogP contribution in [-0.2, 0) is 4.79 Å². The van der Waals surface area contributed by atoms with E-state index in [4.69, 9.17) is 0 Å². The molecule has 2 heterocycles. The number of amides is 3. The van der Waals surface area contributed by atoms with Crippen LogP contribution in [0.4, 0.5) is 14.9 Å². The van der Waals surface area contributed by atoms with Crippen LogP contribution >= 0.6 is 11.8 Å². The second-order valence-electron chi connectivity index (χ2n) is 5.15. The lowest BCUT2D eigenvalue weighted by Crippen LogP contribution is -2.58. The number of piperazine rings is 1. The normalized spacial score (nSPS) is 23.9. The zero-order valence-electron chi connectivity index (χ0n) is 11.6. The summed E-state index contributed by atoms with van der Waals surface area (Å²) in [5.41, 5.74) is 0.442. The number of fused-ring (bicyclic) bond motifs is 2. The highest BCUT2D eigenvalue weighted by Gasteiger charge is 2.44. The second-order valence-corrected chi connectivity index (χ2v) is 5.97. The number of hydrogen-bond acceptors (Lipinski definition) is 3. The van der Waals surface area contributed by atoms with Crippen molar-refractivity contribution in [3.63, 3.8) is 0 Å². The molecule has 5 nitrogen and oxygen atoms in total. The Bertz CT molecular complexity index is 596.